The molecule has 0 aliphatic rings. The Bertz CT molecular complexity index is 1420. The van der Waals surface area contributed by atoms with Crippen molar-refractivity contribution in [3.05, 3.63) is 93.7 Å². The van der Waals surface area contributed by atoms with Gasteiger partial charge in [0.1, 0.15) is 0 Å². The van der Waals surface area contributed by atoms with Crippen LogP contribution in [0.25, 0.3) is 16.6 Å². The van der Waals surface area contributed by atoms with Gasteiger partial charge < -0.3 is 11.1 Å². The van der Waals surface area contributed by atoms with E-state index in [9.17, 15) is 14.4 Å². The number of thioether (sulfide) groups is 1. The minimum atomic E-state index is -0.584. The van der Waals surface area contributed by atoms with Gasteiger partial charge in [0.25, 0.3) is 5.56 Å². The van der Waals surface area contributed by atoms with Crippen LogP contribution in [0.2, 0.25) is 5.02 Å². The average molecular weight is 479 g/mol. The number of anilines is 1. The van der Waals surface area contributed by atoms with Crippen molar-refractivity contribution >= 4 is 51.8 Å². The molecule has 1 atom stereocenters. The average Bonchev–Trinajstić information content (AvgIpc) is 2.79. The monoisotopic (exact) mass is 478 g/mol. The van der Waals surface area contributed by atoms with Crippen LogP contribution < -0.4 is 16.6 Å². The molecule has 4 aromatic rings. The predicted molar refractivity (Wildman–Crippen MR) is 131 cm³/mol. The summed E-state index contributed by atoms with van der Waals surface area (Å²) in [7, 11) is 0. The van der Waals surface area contributed by atoms with Crippen molar-refractivity contribution in [3.8, 4) is 5.69 Å². The summed E-state index contributed by atoms with van der Waals surface area (Å²) in [6, 6.07) is 20.2. The zero-order chi connectivity index (χ0) is 23.5. The number of halogens is 1. The van der Waals surface area contributed by atoms with Crippen LogP contribution in [0.1, 0.15) is 17.3 Å². The highest BCUT2D eigenvalue weighted by Gasteiger charge is 2.20. The van der Waals surface area contributed by atoms with E-state index in [-0.39, 0.29) is 11.5 Å². The summed E-state index contributed by atoms with van der Waals surface area (Å²) < 4.78 is 1.46. The molecule has 0 aliphatic carbocycles. The van der Waals surface area contributed by atoms with Crippen LogP contribution >= 0.6 is 23.4 Å². The maximum atomic E-state index is 13.3. The molecule has 3 aromatic carbocycles. The van der Waals surface area contributed by atoms with Crippen molar-refractivity contribution in [2.24, 2.45) is 5.73 Å². The van der Waals surface area contributed by atoms with Crippen LogP contribution in [0.5, 0.6) is 0 Å². The lowest BCUT2D eigenvalue weighted by Gasteiger charge is -2.16. The van der Waals surface area contributed by atoms with E-state index in [2.05, 4.69) is 10.3 Å². The number of para-hydroxylation sites is 1. The Morgan fingerprint density at radius 1 is 1.06 bits per heavy atom. The third-order valence-electron chi connectivity index (χ3n) is 4.90. The van der Waals surface area contributed by atoms with Gasteiger partial charge in [-0.05, 0) is 61.5 Å². The summed E-state index contributed by atoms with van der Waals surface area (Å²) >= 11 is 7.32. The Kier molecular flexibility index (Phi) is 6.48. The molecule has 0 radical (unpaired) electrons. The Hall–Kier alpha value is -3.62. The van der Waals surface area contributed by atoms with Crippen molar-refractivity contribution in [1.29, 1.82) is 0 Å². The number of hydrogen-bond acceptors (Lipinski definition) is 5. The molecule has 9 heteroatoms. The van der Waals surface area contributed by atoms with Crippen molar-refractivity contribution < 1.29 is 9.59 Å². The summed E-state index contributed by atoms with van der Waals surface area (Å²) in [4.78, 5) is 42.0. The van der Waals surface area contributed by atoms with Crippen molar-refractivity contribution in [3.63, 3.8) is 0 Å². The molecular formula is C24H19ClN4O3S. The SMILES string of the molecule is C[C@@H](Sc1nc2ccccc2c(=O)n1-c1cccc(Cl)c1)C(=O)Nc1ccc(C(N)=O)cc1. The normalized spacial score (nSPS) is 11.8. The van der Waals surface area contributed by atoms with Gasteiger partial charge in [0, 0.05) is 16.3 Å². The molecule has 0 saturated heterocycles. The lowest BCUT2D eigenvalue weighted by Crippen LogP contribution is -2.26. The number of amides is 2. The van der Waals surface area contributed by atoms with E-state index < -0.39 is 11.2 Å². The third-order valence-corrected chi connectivity index (χ3v) is 6.19. The fraction of sp³-hybridized carbons (Fsp3) is 0.0833. The number of nitrogens with one attached hydrogen (secondary N) is 1. The summed E-state index contributed by atoms with van der Waals surface area (Å²) in [5.41, 5.74) is 6.97. The molecule has 3 N–H and O–H groups in total. The van der Waals surface area contributed by atoms with E-state index in [4.69, 9.17) is 17.3 Å². The van der Waals surface area contributed by atoms with Gasteiger partial charge in [0.2, 0.25) is 11.8 Å². The number of rotatable bonds is 6. The molecule has 166 valence electrons. The minimum Gasteiger partial charge on any atom is -0.366 e. The van der Waals surface area contributed by atoms with Gasteiger partial charge in [0.15, 0.2) is 5.16 Å². The highest BCUT2D eigenvalue weighted by atomic mass is 35.5. The van der Waals surface area contributed by atoms with Crippen LogP contribution in [0.4, 0.5) is 5.69 Å². The molecule has 0 bridgehead atoms. The molecule has 33 heavy (non-hydrogen) atoms. The molecule has 0 spiro atoms. The molecule has 1 heterocycles. The van der Waals surface area contributed by atoms with Gasteiger partial charge in [-0.2, -0.15) is 0 Å². The molecule has 2 amide bonds. The van der Waals surface area contributed by atoms with E-state index >= 15 is 0 Å². The summed E-state index contributed by atoms with van der Waals surface area (Å²) in [6.45, 7) is 1.72. The fourth-order valence-corrected chi connectivity index (χ4v) is 4.32. The van der Waals surface area contributed by atoms with Crippen LogP contribution in [0.3, 0.4) is 0 Å². The fourth-order valence-electron chi connectivity index (χ4n) is 3.21. The highest BCUT2D eigenvalue weighted by Crippen LogP contribution is 2.27. The van der Waals surface area contributed by atoms with Gasteiger partial charge in [0.05, 0.1) is 21.8 Å². The number of nitrogens with two attached hydrogens (primary N) is 1. The predicted octanol–water partition coefficient (Wildman–Crippen LogP) is 4.26. The Morgan fingerprint density at radius 3 is 2.48 bits per heavy atom. The van der Waals surface area contributed by atoms with Crippen LogP contribution in [0.15, 0.2) is 82.7 Å². The number of fused-ring (bicyclic) bond motifs is 1. The second-order valence-corrected chi connectivity index (χ2v) is 8.97. The number of carbonyl (C=O) groups is 2. The minimum absolute atomic E-state index is 0.250. The van der Waals surface area contributed by atoms with Gasteiger partial charge in [-0.15, -0.1) is 0 Å². The molecule has 4 rings (SSSR count). The Morgan fingerprint density at radius 2 is 1.79 bits per heavy atom. The summed E-state index contributed by atoms with van der Waals surface area (Å²) in [5, 5.41) is 3.53. The topological polar surface area (TPSA) is 107 Å². The lowest BCUT2D eigenvalue weighted by atomic mass is 10.2. The number of carbonyl (C=O) groups excluding carboxylic acids is 2. The molecule has 0 fully saturated rings. The highest BCUT2D eigenvalue weighted by molar-refractivity contribution is 8.00. The van der Waals surface area contributed by atoms with Crippen molar-refractivity contribution in [2.45, 2.75) is 17.3 Å². The smallest absolute Gasteiger partial charge is 0.266 e. The van der Waals surface area contributed by atoms with Crippen LogP contribution in [-0.4, -0.2) is 26.6 Å². The van der Waals surface area contributed by atoms with Gasteiger partial charge in [-0.3, -0.25) is 19.0 Å². The van der Waals surface area contributed by atoms with Crippen LogP contribution in [0, 0.1) is 0 Å². The number of aromatic nitrogens is 2. The zero-order valence-electron chi connectivity index (χ0n) is 17.5. The van der Waals surface area contributed by atoms with Crippen molar-refractivity contribution in [1.82, 2.24) is 9.55 Å². The van der Waals surface area contributed by atoms with E-state index in [0.29, 0.717) is 38.0 Å². The summed E-state index contributed by atoms with van der Waals surface area (Å²) in [6.07, 6.45) is 0. The maximum absolute atomic E-state index is 13.3. The first kappa shape index (κ1) is 22.6. The third kappa shape index (κ3) is 4.92. The Balaban J connectivity index is 1.67. The van der Waals surface area contributed by atoms with E-state index in [1.54, 1.807) is 67.6 Å². The van der Waals surface area contributed by atoms with E-state index in [1.807, 2.05) is 0 Å². The van der Waals surface area contributed by atoms with Crippen LogP contribution in [-0.2, 0) is 4.79 Å². The lowest BCUT2D eigenvalue weighted by molar-refractivity contribution is -0.115. The first-order valence-corrected chi connectivity index (χ1v) is 11.2. The standard InChI is InChI=1S/C24H19ClN4O3S/c1-14(22(31)27-17-11-9-15(10-12-17)21(26)30)33-24-28-20-8-3-2-7-19(20)23(32)29(24)18-6-4-5-16(25)13-18/h2-14H,1H3,(H2,26,30)(H,27,31)/t14-/m1/s1. The van der Waals surface area contributed by atoms with Gasteiger partial charge in [-0.25, -0.2) is 4.98 Å². The largest absolute Gasteiger partial charge is 0.366 e. The number of nitrogens with zero attached hydrogens (tertiary/aromatic N) is 2. The first-order valence-electron chi connectivity index (χ1n) is 9.98. The molecule has 0 unspecified atom stereocenters. The van der Waals surface area contributed by atoms with Gasteiger partial charge in [-0.1, -0.05) is 41.6 Å². The number of primary amides is 1. The van der Waals surface area contributed by atoms with E-state index in [1.165, 1.54) is 16.7 Å². The molecule has 1 aromatic heterocycles. The van der Waals surface area contributed by atoms with Gasteiger partial charge >= 0.3 is 0 Å². The Labute approximate surface area is 198 Å². The molecule has 0 aliphatic heterocycles. The number of hydrogen-bond donors (Lipinski definition) is 2. The molecule has 0 saturated carbocycles. The molecule has 7 nitrogen and oxygen atoms in total. The maximum Gasteiger partial charge on any atom is 0.266 e. The number of benzene rings is 3. The molecular weight excluding hydrogens is 460 g/mol. The van der Waals surface area contributed by atoms with E-state index in [0.717, 1.165) is 11.8 Å². The first-order chi connectivity index (χ1) is 15.8. The second-order valence-electron chi connectivity index (χ2n) is 7.22. The second kappa shape index (κ2) is 9.48. The zero-order valence-corrected chi connectivity index (χ0v) is 19.1. The van der Waals surface area contributed by atoms with Crippen molar-refractivity contribution in [2.75, 3.05) is 5.32 Å². The quantitative estimate of drug-likeness (QED) is 0.318. The summed E-state index contributed by atoms with van der Waals surface area (Å²) in [5.74, 6) is -0.829.